The largest absolute Gasteiger partial charge is 0.452 e. The highest BCUT2D eigenvalue weighted by Crippen LogP contribution is 2.37. The molecule has 0 aliphatic carbocycles. The molecule has 0 saturated heterocycles. The summed E-state index contributed by atoms with van der Waals surface area (Å²) in [6.45, 7) is 2.54. The van der Waals surface area contributed by atoms with Gasteiger partial charge in [0.15, 0.2) is 0 Å². The molecule has 9 nitrogen and oxygen atoms in total. The summed E-state index contributed by atoms with van der Waals surface area (Å²) < 4.78 is 8.92. The highest BCUT2D eigenvalue weighted by Gasteiger charge is 2.42. The van der Waals surface area contributed by atoms with Crippen LogP contribution in [0.25, 0.3) is 0 Å². The number of anilines is 2. The van der Waals surface area contributed by atoms with Crippen molar-refractivity contribution >= 4 is 34.9 Å². The molecule has 11 heteroatoms. The molecule has 0 fully saturated rings. The molecule has 0 spiro atoms. The van der Waals surface area contributed by atoms with Crippen molar-refractivity contribution in [2.75, 3.05) is 30.0 Å². The number of allylic oxidation sites excluding steroid dienone is 1. The van der Waals surface area contributed by atoms with Gasteiger partial charge in [0.05, 0.1) is 11.9 Å². The third-order valence-corrected chi connectivity index (χ3v) is 6.78. The lowest BCUT2D eigenvalue weighted by molar-refractivity contribution is 0.202. The third-order valence-electron chi connectivity index (χ3n) is 5.47. The monoisotopic (exact) mass is 479 g/mol. The van der Waals surface area contributed by atoms with Crippen molar-refractivity contribution in [1.29, 1.82) is 0 Å². The summed E-state index contributed by atoms with van der Waals surface area (Å²) in [5, 5.41) is 13.2. The number of fused-ring (bicyclic) bond motifs is 1. The fourth-order valence-corrected chi connectivity index (χ4v) is 5.06. The van der Waals surface area contributed by atoms with Crippen molar-refractivity contribution in [3.05, 3.63) is 61.2 Å². The Morgan fingerprint density at radius 1 is 1.22 bits per heavy atom. The van der Waals surface area contributed by atoms with Gasteiger partial charge in [-0.15, -0.1) is 11.8 Å². The molecule has 2 unspecified atom stereocenters. The van der Waals surface area contributed by atoms with E-state index >= 15 is 0 Å². The number of benzene rings is 1. The smallest absolute Gasteiger partial charge is 0.332 e. The SMILES string of the molecule is CC1=CNC(CN2c3c(n(C)c(=O)n(CCCO)c3=O)N(C)C2Oc2ccc(Cl)cc2)S1. The molecular formula is C21H26ClN5O4S. The fourth-order valence-electron chi connectivity index (χ4n) is 3.98. The Morgan fingerprint density at radius 2 is 1.94 bits per heavy atom. The molecule has 1 aromatic carbocycles. The maximum atomic E-state index is 13.5. The standard InChI is InChI=1S/C21H26ClN5O4S/c1-13-11-23-16(32-13)12-27-17-18(24(2)20(30)26(19(17)29)9-4-10-28)25(3)21(27)31-15-7-5-14(22)6-8-15/h5-8,11,16,21,23,28H,4,9-10,12H2,1-3H3. The van der Waals surface area contributed by atoms with Crippen LogP contribution < -0.4 is 31.1 Å². The molecule has 1 aromatic heterocycles. The molecule has 32 heavy (non-hydrogen) atoms. The van der Waals surface area contributed by atoms with Crippen molar-refractivity contribution in [2.45, 2.75) is 31.6 Å². The Balaban J connectivity index is 1.78. The first kappa shape index (κ1) is 22.6. The van der Waals surface area contributed by atoms with E-state index in [1.54, 1.807) is 55.0 Å². The molecule has 2 aliphatic rings. The van der Waals surface area contributed by atoms with Crippen LogP contribution in [0.1, 0.15) is 13.3 Å². The van der Waals surface area contributed by atoms with E-state index in [0.29, 0.717) is 35.2 Å². The van der Waals surface area contributed by atoms with Gasteiger partial charge in [-0.1, -0.05) is 11.6 Å². The van der Waals surface area contributed by atoms with Crippen LogP contribution in [0.2, 0.25) is 5.02 Å². The van der Waals surface area contributed by atoms with Gasteiger partial charge in [-0.25, -0.2) is 4.79 Å². The molecule has 2 atom stereocenters. The lowest BCUT2D eigenvalue weighted by Gasteiger charge is -2.31. The number of hydrogen-bond acceptors (Lipinski definition) is 8. The van der Waals surface area contributed by atoms with Gasteiger partial charge in [0, 0.05) is 38.5 Å². The second-order valence-electron chi connectivity index (χ2n) is 7.74. The molecule has 0 radical (unpaired) electrons. The lowest BCUT2D eigenvalue weighted by atomic mass is 10.3. The number of halogens is 1. The maximum Gasteiger partial charge on any atom is 0.332 e. The molecule has 172 valence electrons. The van der Waals surface area contributed by atoms with Crippen LogP contribution >= 0.6 is 23.4 Å². The molecule has 2 N–H and O–H groups in total. The molecule has 0 amide bonds. The molecule has 3 heterocycles. The van der Waals surface area contributed by atoms with Gasteiger partial charge in [0.25, 0.3) is 11.9 Å². The topological polar surface area (TPSA) is 92.0 Å². The summed E-state index contributed by atoms with van der Waals surface area (Å²) >= 11 is 7.69. The predicted octanol–water partition coefficient (Wildman–Crippen LogP) is 1.73. The summed E-state index contributed by atoms with van der Waals surface area (Å²) in [6.07, 6.45) is 1.63. The molecular weight excluding hydrogens is 454 g/mol. The number of nitrogens with zero attached hydrogens (tertiary/aromatic N) is 4. The number of thioether (sulfide) groups is 1. The number of rotatable bonds is 7. The van der Waals surface area contributed by atoms with Crippen LogP contribution in [-0.4, -0.2) is 46.2 Å². The minimum Gasteiger partial charge on any atom is -0.452 e. The fraction of sp³-hybridized carbons (Fsp3) is 0.429. The second kappa shape index (κ2) is 9.13. The summed E-state index contributed by atoms with van der Waals surface area (Å²) in [5.74, 6) is 1.09. The quantitative estimate of drug-likeness (QED) is 0.620. The van der Waals surface area contributed by atoms with E-state index in [1.807, 2.05) is 18.0 Å². The van der Waals surface area contributed by atoms with Crippen LogP contribution in [0.3, 0.4) is 0 Å². The number of aliphatic hydroxyl groups excluding tert-OH is 1. The lowest BCUT2D eigenvalue weighted by Crippen LogP contribution is -2.50. The van der Waals surface area contributed by atoms with E-state index < -0.39 is 17.6 Å². The first-order chi connectivity index (χ1) is 15.3. The zero-order valence-electron chi connectivity index (χ0n) is 18.1. The van der Waals surface area contributed by atoms with E-state index in [-0.39, 0.29) is 18.5 Å². The van der Waals surface area contributed by atoms with Crippen molar-refractivity contribution in [1.82, 2.24) is 14.5 Å². The Morgan fingerprint density at radius 3 is 2.56 bits per heavy atom. The first-order valence-electron chi connectivity index (χ1n) is 10.3. The van der Waals surface area contributed by atoms with Crippen molar-refractivity contribution in [3.8, 4) is 5.75 Å². The Hall–Kier alpha value is -2.56. The van der Waals surface area contributed by atoms with Crippen molar-refractivity contribution in [2.24, 2.45) is 7.05 Å². The highest BCUT2D eigenvalue weighted by molar-refractivity contribution is 8.03. The summed E-state index contributed by atoms with van der Waals surface area (Å²) in [7, 11) is 3.44. The normalized spacial score (nSPS) is 19.7. The van der Waals surface area contributed by atoms with E-state index in [2.05, 4.69) is 5.32 Å². The van der Waals surface area contributed by atoms with Gasteiger partial charge >= 0.3 is 5.69 Å². The maximum absolute atomic E-state index is 13.5. The minimum absolute atomic E-state index is 0.0215. The summed E-state index contributed by atoms with van der Waals surface area (Å²) in [5.41, 5.74) is -0.413. The van der Waals surface area contributed by atoms with Crippen LogP contribution in [0.5, 0.6) is 5.75 Å². The number of hydrogen-bond donors (Lipinski definition) is 2. The van der Waals surface area contributed by atoms with Gasteiger partial charge in [-0.3, -0.25) is 13.9 Å². The average molecular weight is 480 g/mol. The summed E-state index contributed by atoms with van der Waals surface area (Å²) in [6, 6.07) is 7.01. The molecule has 0 bridgehead atoms. The van der Waals surface area contributed by atoms with Gasteiger partial charge in [-0.05, 0) is 42.5 Å². The Bertz CT molecular complexity index is 1150. The minimum atomic E-state index is -0.638. The molecule has 0 saturated carbocycles. The summed E-state index contributed by atoms with van der Waals surface area (Å²) in [4.78, 5) is 31.2. The predicted molar refractivity (Wildman–Crippen MR) is 128 cm³/mol. The molecule has 2 aliphatic heterocycles. The van der Waals surface area contributed by atoms with E-state index in [0.717, 1.165) is 4.91 Å². The van der Waals surface area contributed by atoms with Gasteiger partial charge in [0.1, 0.15) is 17.3 Å². The zero-order valence-corrected chi connectivity index (χ0v) is 19.7. The van der Waals surface area contributed by atoms with Crippen LogP contribution in [-0.2, 0) is 13.6 Å². The Kier molecular flexibility index (Phi) is 6.45. The van der Waals surface area contributed by atoms with Crippen LogP contribution in [0, 0.1) is 0 Å². The number of nitrogens with one attached hydrogen (secondary N) is 1. The van der Waals surface area contributed by atoms with Gasteiger partial charge < -0.3 is 25.0 Å². The third kappa shape index (κ3) is 4.10. The van der Waals surface area contributed by atoms with Crippen molar-refractivity contribution < 1.29 is 9.84 Å². The molecule has 2 aromatic rings. The average Bonchev–Trinajstić information content (AvgIpc) is 3.29. The zero-order chi connectivity index (χ0) is 23.0. The first-order valence-corrected chi connectivity index (χ1v) is 11.5. The number of aliphatic hydroxyl groups is 1. The van der Waals surface area contributed by atoms with Gasteiger partial charge in [-0.2, -0.15) is 0 Å². The highest BCUT2D eigenvalue weighted by atomic mass is 35.5. The van der Waals surface area contributed by atoms with E-state index in [9.17, 15) is 14.7 Å². The number of aromatic nitrogens is 2. The second-order valence-corrected chi connectivity index (χ2v) is 9.62. The van der Waals surface area contributed by atoms with Crippen LogP contribution in [0.4, 0.5) is 11.5 Å². The van der Waals surface area contributed by atoms with E-state index in [4.69, 9.17) is 16.3 Å². The molecule has 4 rings (SSSR count). The van der Waals surface area contributed by atoms with Crippen LogP contribution in [0.15, 0.2) is 45.0 Å². The number of ether oxygens (including phenoxy) is 1. The van der Waals surface area contributed by atoms with Crippen molar-refractivity contribution in [3.63, 3.8) is 0 Å². The van der Waals surface area contributed by atoms with Gasteiger partial charge in [0.2, 0.25) is 0 Å². The van der Waals surface area contributed by atoms with E-state index in [1.165, 1.54) is 9.13 Å². The Labute approximate surface area is 194 Å².